The third-order valence-electron chi connectivity index (χ3n) is 3.33. The maximum absolute atomic E-state index is 11.9. The molecular weight excluding hydrogens is 192 g/mol. The quantitative estimate of drug-likeness (QED) is 0.725. The largest absolute Gasteiger partial charge is 0.396 e. The van der Waals surface area contributed by atoms with Crippen molar-refractivity contribution in [3.8, 4) is 0 Å². The van der Waals surface area contributed by atoms with Gasteiger partial charge in [0.2, 0.25) is 5.91 Å². The van der Waals surface area contributed by atoms with Gasteiger partial charge in [-0.1, -0.05) is 0 Å². The Bertz CT molecular complexity index is 221. The monoisotopic (exact) mass is 214 g/mol. The van der Waals surface area contributed by atoms with Crippen LogP contribution in [0.3, 0.4) is 0 Å². The van der Waals surface area contributed by atoms with E-state index in [1.165, 1.54) is 0 Å². The summed E-state index contributed by atoms with van der Waals surface area (Å²) in [6.07, 6.45) is 1.00. The molecule has 0 spiro atoms. The van der Waals surface area contributed by atoms with Gasteiger partial charge >= 0.3 is 0 Å². The number of rotatable bonds is 4. The van der Waals surface area contributed by atoms with E-state index < -0.39 is 0 Å². The molecule has 0 aliphatic carbocycles. The van der Waals surface area contributed by atoms with Crippen LogP contribution in [0.4, 0.5) is 0 Å². The molecule has 0 saturated carbocycles. The van der Waals surface area contributed by atoms with E-state index in [2.05, 4.69) is 4.90 Å². The third kappa shape index (κ3) is 2.92. The molecule has 0 aromatic rings. The zero-order valence-electron chi connectivity index (χ0n) is 9.94. The minimum atomic E-state index is -0.0495. The molecule has 1 saturated heterocycles. The molecule has 0 radical (unpaired) electrons. The van der Waals surface area contributed by atoms with Crippen molar-refractivity contribution in [3.05, 3.63) is 0 Å². The van der Waals surface area contributed by atoms with Crippen molar-refractivity contribution in [2.75, 3.05) is 33.3 Å². The average molecular weight is 214 g/mol. The lowest BCUT2D eigenvalue weighted by Crippen LogP contribution is -2.44. The van der Waals surface area contributed by atoms with Gasteiger partial charge in [-0.3, -0.25) is 9.69 Å². The van der Waals surface area contributed by atoms with Crippen molar-refractivity contribution >= 4 is 5.91 Å². The summed E-state index contributed by atoms with van der Waals surface area (Å²) >= 11 is 0. The van der Waals surface area contributed by atoms with E-state index >= 15 is 0 Å². The van der Waals surface area contributed by atoms with E-state index in [-0.39, 0.29) is 18.6 Å². The topological polar surface area (TPSA) is 43.8 Å². The fourth-order valence-corrected chi connectivity index (χ4v) is 1.99. The van der Waals surface area contributed by atoms with E-state index in [1.54, 1.807) is 4.90 Å². The summed E-state index contributed by atoms with van der Waals surface area (Å²) in [5.41, 5.74) is 0. The maximum atomic E-state index is 11.9. The minimum Gasteiger partial charge on any atom is -0.396 e. The fourth-order valence-electron chi connectivity index (χ4n) is 1.99. The van der Waals surface area contributed by atoms with Crippen LogP contribution < -0.4 is 0 Å². The van der Waals surface area contributed by atoms with E-state index in [0.29, 0.717) is 5.92 Å². The van der Waals surface area contributed by atoms with Crippen LogP contribution in [-0.4, -0.2) is 60.1 Å². The van der Waals surface area contributed by atoms with Gasteiger partial charge in [0.15, 0.2) is 0 Å². The standard InChI is InChI=1S/C11H22N2O2/c1-4-12(3)11(15)9(2)13-6-5-10(7-13)8-14/h9-10,14H,4-8H2,1-3H3. The normalized spacial score (nSPS) is 24.1. The number of likely N-dealkylation sites (tertiary alicyclic amines) is 1. The molecule has 1 aliphatic heterocycles. The summed E-state index contributed by atoms with van der Waals surface area (Å²) in [5.74, 6) is 0.531. The minimum absolute atomic E-state index is 0.0495. The Kier molecular flexibility index (Phi) is 4.54. The summed E-state index contributed by atoms with van der Waals surface area (Å²) in [5, 5.41) is 9.04. The Morgan fingerprint density at radius 1 is 1.67 bits per heavy atom. The molecule has 0 aromatic heterocycles. The molecule has 0 aromatic carbocycles. The molecule has 1 amide bonds. The number of aliphatic hydroxyl groups is 1. The molecule has 15 heavy (non-hydrogen) atoms. The van der Waals surface area contributed by atoms with Gasteiger partial charge in [-0.05, 0) is 32.7 Å². The summed E-state index contributed by atoms with van der Waals surface area (Å²) < 4.78 is 0. The summed E-state index contributed by atoms with van der Waals surface area (Å²) in [6.45, 7) is 6.69. The fraction of sp³-hybridized carbons (Fsp3) is 0.909. The summed E-state index contributed by atoms with van der Waals surface area (Å²) in [4.78, 5) is 15.8. The molecule has 88 valence electrons. The highest BCUT2D eigenvalue weighted by Gasteiger charge is 2.30. The van der Waals surface area contributed by atoms with Gasteiger partial charge in [0, 0.05) is 26.7 Å². The molecule has 0 bridgehead atoms. The Morgan fingerprint density at radius 2 is 2.33 bits per heavy atom. The second-order valence-corrected chi connectivity index (χ2v) is 4.36. The first-order valence-electron chi connectivity index (χ1n) is 5.70. The Hall–Kier alpha value is -0.610. The molecule has 1 N–H and O–H groups in total. The van der Waals surface area contributed by atoms with Crippen LogP contribution in [0.2, 0.25) is 0 Å². The molecule has 1 rings (SSSR count). The SMILES string of the molecule is CCN(C)C(=O)C(C)N1CCC(CO)C1. The van der Waals surface area contributed by atoms with Gasteiger partial charge in [-0.2, -0.15) is 0 Å². The molecule has 1 aliphatic rings. The van der Waals surface area contributed by atoms with Crippen molar-refractivity contribution < 1.29 is 9.90 Å². The number of amides is 1. The van der Waals surface area contributed by atoms with Gasteiger partial charge in [0.25, 0.3) is 0 Å². The van der Waals surface area contributed by atoms with Crippen LogP contribution in [0.5, 0.6) is 0 Å². The number of likely N-dealkylation sites (N-methyl/N-ethyl adjacent to an activating group) is 1. The van der Waals surface area contributed by atoms with Gasteiger partial charge in [-0.15, -0.1) is 0 Å². The first-order valence-corrected chi connectivity index (χ1v) is 5.70. The van der Waals surface area contributed by atoms with Gasteiger partial charge in [-0.25, -0.2) is 0 Å². The highest BCUT2D eigenvalue weighted by molar-refractivity contribution is 5.81. The zero-order chi connectivity index (χ0) is 11.4. The van der Waals surface area contributed by atoms with Crippen LogP contribution in [0.15, 0.2) is 0 Å². The first-order chi connectivity index (χ1) is 7.10. The smallest absolute Gasteiger partial charge is 0.239 e. The van der Waals surface area contributed by atoms with Crippen LogP contribution in [0.1, 0.15) is 20.3 Å². The lowest BCUT2D eigenvalue weighted by atomic mass is 10.1. The van der Waals surface area contributed by atoms with Crippen molar-refractivity contribution in [3.63, 3.8) is 0 Å². The van der Waals surface area contributed by atoms with Crippen molar-refractivity contribution in [2.45, 2.75) is 26.3 Å². The van der Waals surface area contributed by atoms with Crippen molar-refractivity contribution in [1.29, 1.82) is 0 Å². The van der Waals surface area contributed by atoms with Crippen LogP contribution in [-0.2, 0) is 4.79 Å². The van der Waals surface area contributed by atoms with Crippen LogP contribution >= 0.6 is 0 Å². The second-order valence-electron chi connectivity index (χ2n) is 4.36. The van der Waals surface area contributed by atoms with Crippen molar-refractivity contribution in [2.24, 2.45) is 5.92 Å². The Balaban J connectivity index is 2.47. The zero-order valence-corrected chi connectivity index (χ0v) is 9.94. The van der Waals surface area contributed by atoms with Crippen LogP contribution in [0.25, 0.3) is 0 Å². The van der Waals surface area contributed by atoms with Gasteiger partial charge in [0.05, 0.1) is 6.04 Å². The highest BCUT2D eigenvalue weighted by Crippen LogP contribution is 2.18. The number of carbonyl (C=O) groups is 1. The Labute approximate surface area is 91.9 Å². The lowest BCUT2D eigenvalue weighted by Gasteiger charge is -2.27. The first kappa shape index (κ1) is 12.5. The number of hydrogen-bond acceptors (Lipinski definition) is 3. The molecular formula is C11H22N2O2. The second kappa shape index (κ2) is 5.47. The highest BCUT2D eigenvalue weighted by atomic mass is 16.3. The number of aliphatic hydroxyl groups excluding tert-OH is 1. The lowest BCUT2D eigenvalue weighted by molar-refractivity contribution is -0.134. The molecule has 1 fully saturated rings. The predicted molar refractivity (Wildman–Crippen MR) is 59.5 cm³/mol. The maximum Gasteiger partial charge on any atom is 0.239 e. The number of carbonyl (C=O) groups excluding carboxylic acids is 1. The van der Waals surface area contributed by atoms with E-state index in [9.17, 15) is 4.79 Å². The van der Waals surface area contributed by atoms with Gasteiger partial charge in [0.1, 0.15) is 0 Å². The molecule has 4 nitrogen and oxygen atoms in total. The van der Waals surface area contributed by atoms with Crippen molar-refractivity contribution in [1.82, 2.24) is 9.80 Å². The molecule has 1 heterocycles. The average Bonchev–Trinajstić information content (AvgIpc) is 2.74. The molecule has 2 unspecified atom stereocenters. The number of nitrogens with zero attached hydrogens (tertiary/aromatic N) is 2. The summed E-state index contributed by atoms with van der Waals surface area (Å²) in [7, 11) is 1.83. The number of hydrogen-bond donors (Lipinski definition) is 1. The predicted octanol–water partition coefficient (Wildman–Crippen LogP) is 0.167. The Morgan fingerprint density at radius 3 is 2.80 bits per heavy atom. The summed E-state index contributed by atoms with van der Waals surface area (Å²) in [6, 6.07) is -0.0495. The molecule has 2 atom stereocenters. The van der Waals surface area contributed by atoms with Gasteiger partial charge < -0.3 is 10.0 Å². The van der Waals surface area contributed by atoms with E-state index in [4.69, 9.17) is 5.11 Å². The van der Waals surface area contributed by atoms with E-state index in [1.807, 2.05) is 20.9 Å². The molecule has 4 heteroatoms. The van der Waals surface area contributed by atoms with E-state index in [0.717, 1.165) is 26.1 Å². The third-order valence-corrected chi connectivity index (χ3v) is 3.33. The van der Waals surface area contributed by atoms with Crippen LogP contribution in [0, 0.1) is 5.92 Å².